The van der Waals surface area contributed by atoms with Crippen molar-refractivity contribution in [1.29, 1.82) is 0 Å². The van der Waals surface area contributed by atoms with Crippen molar-refractivity contribution in [2.24, 2.45) is 0 Å². The van der Waals surface area contributed by atoms with Gasteiger partial charge in [-0.1, -0.05) is 11.3 Å². The van der Waals surface area contributed by atoms with E-state index >= 15 is 0 Å². The highest BCUT2D eigenvalue weighted by Gasteiger charge is 2.09. The van der Waals surface area contributed by atoms with Crippen molar-refractivity contribution in [1.82, 2.24) is 10.2 Å². The summed E-state index contributed by atoms with van der Waals surface area (Å²) >= 11 is 7.25. The lowest BCUT2D eigenvalue weighted by atomic mass is 10.2. The topological polar surface area (TPSA) is 44.2 Å². The molecule has 1 heterocycles. The van der Waals surface area contributed by atoms with Gasteiger partial charge in [0.25, 0.3) is 0 Å². The first-order valence-corrected chi connectivity index (χ1v) is 7.23. The van der Waals surface area contributed by atoms with Crippen LogP contribution < -0.4 is 9.47 Å². The number of aryl methyl sites for hydroxylation is 1. The Morgan fingerprint density at radius 2 is 1.79 bits per heavy atom. The zero-order valence-corrected chi connectivity index (χ0v) is 12.4. The van der Waals surface area contributed by atoms with Gasteiger partial charge in [-0.15, -0.1) is 21.8 Å². The van der Waals surface area contributed by atoms with Crippen molar-refractivity contribution >= 4 is 22.9 Å². The maximum absolute atomic E-state index is 5.68. The second-order valence-corrected chi connectivity index (χ2v) is 5.33. The molecular formula is C13H15ClN2O2S. The molecule has 0 saturated heterocycles. The number of benzene rings is 1. The zero-order chi connectivity index (χ0) is 13.7. The summed E-state index contributed by atoms with van der Waals surface area (Å²) in [7, 11) is 3.26. The highest BCUT2D eigenvalue weighted by Crippen LogP contribution is 2.31. The van der Waals surface area contributed by atoms with Crippen LogP contribution in [0, 0.1) is 0 Å². The van der Waals surface area contributed by atoms with E-state index in [0.29, 0.717) is 5.88 Å². The van der Waals surface area contributed by atoms with E-state index in [1.807, 2.05) is 18.2 Å². The molecular weight excluding hydrogens is 284 g/mol. The first kappa shape index (κ1) is 14.1. The van der Waals surface area contributed by atoms with Crippen molar-refractivity contribution in [2.45, 2.75) is 12.8 Å². The van der Waals surface area contributed by atoms with E-state index in [2.05, 4.69) is 10.2 Å². The third-order valence-corrected chi connectivity index (χ3v) is 3.89. The number of aromatic nitrogens is 2. The number of hydrogen-bond acceptors (Lipinski definition) is 5. The third kappa shape index (κ3) is 3.58. The molecule has 0 radical (unpaired) electrons. The minimum atomic E-state index is 0.641. The summed E-state index contributed by atoms with van der Waals surface area (Å²) in [5.74, 6) is 2.13. The van der Waals surface area contributed by atoms with Gasteiger partial charge < -0.3 is 9.47 Å². The maximum atomic E-state index is 5.68. The fourth-order valence-corrected chi connectivity index (χ4v) is 2.62. The molecule has 2 rings (SSSR count). The monoisotopic (exact) mass is 298 g/mol. The largest absolute Gasteiger partial charge is 0.497 e. The first-order valence-electron chi connectivity index (χ1n) is 5.88. The van der Waals surface area contributed by atoms with Crippen LogP contribution in [0.25, 0.3) is 10.6 Å². The van der Waals surface area contributed by atoms with Gasteiger partial charge in [0.1, 0.15) is 21.5 Å². The molecule has 6 heteroatoms. The van der Waals surface area contributed by atoms with Crippen molar-refractivity contribution in [3.63, 3.8) is 0 Å². The number of methoxy groups -OCH3 is 2. The highest BCUT2D eigenvalue weighted by molar-refractivity contribution is 7.14. The molecule has 4 nitrogen and oxygen atoms in total. The van der Waals surface area contributed by atoms with Gasteiger partial charge in [-0.2, -0.15) is 0 Å². The van der Waals surface area contributed by atoms with Crippen molar-refractivity contribution in [3.8, 4) is 22.1 Å². The fraction of sp³-hybridized carbons (Fsp3) is 0.385. The molecule has 1 aromatic carbocycles. The van der Waals surface area contributed by atoms with Crippen LogP contribution in [0.5, 0.6) is 11.5 Å². The average Bonchev–Trinajstić information content (AvgIpc) is 2.93. The van der Waals surface area contributed by atoms with Crippen LogP contribution in [-0.4, -0.2) is 30.3 Å². The molecule has 1 aromatic heterocycles. The van der Waals surface area contributed by atoms with Gasteiger partial charge in [-0.05, 0) is 18.6 Å². The quantitative estimate of drug-likeness (QED) is 0.767. The lowest BCUT2D eigenvalue weighted by Crippen LogP contribution is -1.88. The summed E-state index contributed by atoms with van der Waals surface area (Å²) < 4.78 is 10.5. The van der Waals surface area contributed by atoms with Crippen molar-refractivity contribution in [3.05, 3.63) is 23.2 Å². The Hall–Kier alpha value is -1.33. The Morgan fingerprint density at radius 1 is 1.11 bits per heavy atom. The van der Waals surface area contributed by atoms with E-state index in [1.54, 1.807) is 25.6 Å². The lowest BCUT2D eigenvalue weighted by molar-refractivity contribution is 0.394. The van der Waals surface area contributed by atoms with Crippen LogP contribution in [0.3, 0.4) is 0 Å². The second kappa shape index (κ2) is 6.73. The summed E-state index contributed by atoms with van der Waals surface area (Å²) in [6.45, 7) is 0. The van der Waals surface area contributed by atoms with Crippen LogP contribution in [-0.2, 0) is 6.42 Å². The molecule has 0 saturated carbocycles. The summed E-state index contributed by atoms with van der Waals surface area (Å²) in [4.78, 5) is 0. The standard InChI is InChI=1S/C13H15ClN2O2S/c1-17-10-6-9(7-11(8-10)18-2)13-16-15-12(19-13)4-3-5-14/h6-8H,3-5H2,1-2H3. The number of ether oxygens (including phenoxy) is 2. The van der Waals surface area contributed by atoms with Crippen LogP contribution in [0.4, 0.5) is 0 Å². The van der Waals surface area contributed by atoms with Crippen LogP contribution in [0.15, 0.2) is 18.2 Å². The number of halogens is 1. The first-order chi connectivity index (χ1) is 9.26. The molecule has 0 unspecified atom stereocenters. The van der Waals surface area contributed by atoms with E-state index in [4.69, 9.17) is 21.1 Å². The molecule has 0 fully saturated rings. The molecule has 2 aromatic rings. The number of rotatable bonds is 6. The smallest absolute Gasteiger partial charge is 0.148 e. The van der Waals surface area contributed by atoms with Gasteiger partial charge >= 0.3 is 0 Å². The molecule has 0 aliphatic carbocycles. The SMILES string of the molecule is COc1cc(OC)cc(-c2nnc(CCCCl)s2)c1. The van der Waals surface area contributed by atoms with Crippen molar-refractivity contribution < 1.29 is 9.47 Å². The Balaban J connectivity index is 2.27. The minimum absolute atomic E-state index is 0.641. The van der Waals surface area contributed by atoms with Gasteiger partial charge in [0.2, 0.25) is 0 Å². The second-order valence-electron chi connectivity index (χ2n) is 3.89. The van der Waals surface area contributed by atoms with Crippen molar-refractivity contribution in [2.75, 3.05) is 20.1 Å². The van der Waals surface area contributed by atoms with E-state index in [9.17, 15) is 0 Å². The third-order valence-electron chi connectivity index (χ3n) is 2.59. The van der Waals surface area contributed by atoms with Gasteiger partial charge in [0.15, 0.2) is 0 Å². The lowest BCUT2D eigenvalue weighted by Gasteiger charge is -2.06. The molecule has 0 aliphatic heterocycles. The average molecular weight is 299 g/mol. The Bertz CT molecular complexity index is 523. The summed E-state index contributed by atoms with van der Waals surface area (Å²) in [5, 5.41) is 10.2. The van der Waals surface area contributed by atoms with Crippen LogP contribution in [0.1, 0.15) is 11.4 Å². The fourth-order valence-electron chi connectivity index (χ4n) is 1.62. The highest BCUT2D eigenvalue weighted by atomic mass is 35.5. The van der Waals surface area contributed by atoms with Gasteiger partial charge in [0.05, 0.1) is 14.2 Å². The normalized spacial score (nSPS) is 10.5. The maximum Gasteiger partial charge on any atom is 0.148 e. The van der Waals surface area contributed by atoms with Crippen LogP contribution in [0.2, 0.25) is 0 Å². The van der Waals surface area contributed by atoms with Gasteiger partial charge in [-0.25, -0.2) is 0 Å². The van der Waals surface area contributed by atoms with E-state index < -0.39 is 0 Å². The van der Waals surface area contributed by atoms with E-state index in [1.165, 1.54) is 0 Å². The Morgan fingerprint density at radius 3 is 2.37 bits per heavy atom. The Labute approximate surface area is 121 Å². The molecule has 102 valence electrons. The number of alkyl halides is 1. The molecule has 0 bridgehead atoms. The van der Waals surface area contributed by atoms with Gasteiger partial charge in [-0.3, -0.25) is 0 Å². The number of nitrogens with zero attached hydrogens (tertiary/aromatic N) is 2. The van der Waals surface area contributed by atoms with E-state index in [-0.39, 0.29) is 0 Å². The molecule has 19 heavy (non-hydrogen) atoms. The molecule has 0 N–H and O–H groups in total. The van der Waals surface area contributed by atoms with Crippen LogP contribution >= 0.6 is 22.9 Å². The predicted molar refractivity (Wildman–Crippen MR) is 77.5 cm³/mol. The molecule has 0 atom stereocenters. The van der Waals surface area contributed by atoms with E-state index in [0.717, 1.165) is 39.9 Å². The molecule has 0 spiro atoms. The number of hydrogen-bond donors (Lipinski definition) is 0. The van der Waals surface area contributed by atoms with Gasteiger partial charge in [0, 0.05) is 23.9 Å². The molecule has 0 aliphatic rings. The minimum Gasteiger partial charge on any atom is -0.497 e. The zero-order valence-electron chi connectivity index (χ0n) is 10.9. The Kier molecular flexibility index (Phi) is 4.99. The summed E-state index contributed by atoms with van der Waals surface area (Å²) in [5.41, 5.74) is 0.950. The molecule has 0 amide bonds. The predicted octanol–water partition coefficient (Wildman–Crippen LogP) is 3.39. The summed E-state index contributed by atoms with van der Waals surface area (Å²) in [6, 6.07) is 5.68. The summed E-state index contributed by atoms with van der Waals surface area (Å²) in [6.07, 6.45) is 1.78.